The molecule has 2 aromatic carbocycles. The smallest absolute Gasteiger partial charge is 0.435 e. The van der Waals surface area contributed by atoms with Gasteiger partial charge in [-0.25, -0.2) is 14.0 Å². The molecule has 0 bridgehead atoms. The number of nitrogens with one attached hydrogen (secondary N) is 1. The number of rotatable bonds is 11. The number of nitrogens with zero attached hydrogens (tertiary/aromatic N) is 3. The van der Waals surface area contributed by atoms with Crippen LogP contribution in [0.15, 0.2) is 48.7 Å². The Balaban J connectivity index is 1.70. The Hall–Kier alpha value is -4.23. The van der Waals surface area contributed by atoms with Crippen LogP contribution in [0.1, 0.15) is 29.4 Å². The molecule has 1 amide bonds. The third-order valence-electron chi connectivity index (χ3n) is 5.15. The summed E-state index contributed by atoms with van der Waals surface area (Å²) in [5, 5.41) is 29.4. The van der Waals surface area contributed by atoms with Gasteiger partial charge < -0.3 is 29.8 Å². The van der Waals surface area contributed by atoms with Gasteiger partial charge in [0, 0.05) is 23.0 Å². The second-order valence-corrected chi connectivity index (χ2v) is 8.32. The van der Waals surface area contributed by atoms with Crippen molar-refractivity contribution in [3.63, 3.8) is 0 Å². The van der Waals surface area contributed by atoms with Gasteiger partial charge >= 0.3 is 12.1 Å². The van der Waals surface area contributed by atoms with E-state index in [9.17, 15) is 29.1 Å². The topological polar surface area (TPSA) is 162 Å². The molecular weight excluding hydrogens is 527 g/mol. The normalized spacial score (nSPS) is 12.3. The third-order valence-corrected chi connectivity index (χ3v) is 5.38. The zero-order valence-electron chi connectivity index (χ0n) is 20.0. The van der Waals surface area contributed by atoms with Crippen molar-refractivity contribution in [3.8, 4) is 11.1 Å². The molecule has 202 valence electrons. The van der Waals surface area contributed by atoms with E-state index in [4.69, 9.17) is 16.3 Å². The largest absolute Gasteiger partial charge is 0.511 e. The third kappa shape index (κ3) is 8.15. The van der Waals surface area contributed by atoms with Crippen LogP contribution in [0.25, 0.3) is 11.1 Å². The zero-order valence-corrected chi connectivity index (χ0v) is 20.8. The molecule has 1 unspecified atom stereocenters. The Kier molecular flexibility index (Phi) is 9.96. The first-order valence-corrected chi connectivity index (χ1v) is 11.6. The summed E-state index contributed by atoms with van der Waals surface area (Å²) in [4.78, 5) is 36.3. The molecule has 2 atom stereocenters. The summed E-state index contributed by atoms with van der Waals surface area (Å²) in [6, 6.07) is 10.1. The van der Waals surface area contributed by atoms with E-state index < -0.39 is 42.8 Å². The molecule has 1 heterocycles. The number of carbonyl (C=O) groups excluding carboxylic acids is 3. The minimum Gasteiger partial charge on any atom is -0.435 e. The Morgan fingerprint density at radius 2 is 1.87 bits per heavy atom. The van der Waals surface area contributed by atoms with Crippen LogP contribution >= 0.6 is 11.6 Å². The molecule has 1 aromatic heterocycles. The molecule has 38 heavy (non-hydrogen) atoms. The van der Waals surface area contributed by atoms with Crippen molar-refractivity contribution in [3.05, 3.63) is 70.8 Å². The van der Waals surface area contributed by atoms with Gasteiger partial charge in [0.15, 0.2) is 11.8 Å². The Bertz CT molecular complexity index is 1270. The van der Waals surface area contributed by atoms with Crippen LogP contribution in [0.2, 0.25) is 5.02 Å². The SMILES string of the molecule is CCOC(=O)OCOC(=O)C(O)C[C@@H](Cc1ccc(-c2cc(Cl)ccc2F)cc1)NC(=O)c1cn(O)nn1. The number of carbonyl (C=O) groups is 3. The number of hydrogen-bond donors (Lipinski definition) is 3. The molecule has 14 heteroatoms. The number of aliphatic hydroxyl groups is 1. The Morgan fingerprint density at radius 1 is 1.13 bits per heavy atom. The number of halogens is 2. The van der Waals surface area contributed by atoms with Crippen molar-refractivity contribution >= 4 is 29.6 Å². The maximum atomic E-state index is 14.2. The van der Waals surface area contributed by atoms with Gasteiger partial charge in [0.25, 0.3) is 5.91 Å². The highest BCUT2D eigenvalue weighted by Crippen LogP contribution is 2.26. The summed E-state index contributed by atoms with van der Waals surface area (Å²) in [6.45, 7) is 0.859. The first-order valence-electron chi connectivity index (χ1n) is 11.3. The standard InChI is InChI=1S/C24H24ClFN4O8/c1-2-36-24(34)38-13-37-23(33)21(31)11-17(27-22(32)20-12-30(35)29-28-20)9-14-3-5-15(6-4-14)18-10-16(25)7-8-19(18)26/h3-8,10,12,17,21,31,35H,2,9,11,13H2,1H3,(H,27,32)/t17-,21?/m1/s1. The molecular formula is C24H24ClFN4O8. The maximum Gasteiger partial charge on any atom is 0.511 e. The molecule has 0 spiro atoms. The van der Waals surface area contributed by atoms with Gasteiger partial charge in [-0.05, 0) is 47.9 Å². The predicted octanol–water partition coefficient (Wildman–Crippen LogP) is 2.74. The van der Waals surface area contributed by atoms with Gasteiger partial charge in [0.05, 0.1) is 12.8 Å². The summed E-state index contributed by atoms with van der Waals surface area (Å²) in [7, 11) is 0. The van der Waals surface area contributed by atoms with E-state index in [1.165, 1.54) is 18.2 Å². The fourth-order valence-electron chi connectivity index (χ4n) is 3.39. The molecule has 12 nitrogen and oxygen atoms in total. The molecule has 0 aliphatic heterocycles. The van der Waals surface area contributed by atoms with Crippen LogP contribution in [0.5, 0.6) is 0 Å². The highest BCUT2D eigenvalue weighted by atomic mass is 35.5. The molecule has 0 fully saturated rings. The van der Waals surface area contributed by atoms with Gasteiger partial charge in [-0.1, -0.05) is 40.7 Å². The summed E-state index contributed by atoms with van der Waals surface area (Å²) in [5.41, 5.74) is 1.35. The number of benzene rings is 2. The minimum absolute atomic E-state index is 0.0653. The number of aromatic nitrogens is 3. The van der Waals surface area contributed by atoms with E-state index in [2.05, 4.69) is 25.1 Å². The number of amides is 1. The monoisotopic (exact) mass is 550 g/mol. The lowest BCUT2D eigenvalue weighted by Crippen LogP contribution is -2.41. The molecule has 0 aliphatic carbocycles. The predicted molar refractivity (Wildman–Crippen MR) is 129 cm³/mol. The second kappa shape index (κ2) is 13.4. The molecule has 0 radical (unpaired) electrons. The van der Waals surface area contributed by atoms with E-state index in [1.807, 2.05) is 0 Å². The van der Waals surface area contributed by atoms with E-state index in [0.717, 1.165) is 6.20 Å². The lowest BCUT2D eigenvalue weighted by atomic mass is 9.97. The average molecular weight is 551 g/mol. The van der Waals surface area contributed by atoms with E-state index in [1.54, 1.807) is 31.2 Å². The first kappa shape index (κ1) is 28.3. The maximum absolute atomic E-state index is 14.2. The van der Waals surface area contributed by atoms with Crippen LogP contribution in [0.3, 0.4) is 0 Å². The molecule has 3 N–H and O–H groups in total. The van der Waals surface area contributed by atoms with Gasteiger partial charge in [-0.2, -0.15) is 0 Å². The van der Waals surface area contributed by atoms with Gasteiger partial charge in [0.2, 0.25) is 6.79 Å². The van der Waals surface area contributed by atoms with E-state index in [0.29, 0.717) is 26.6 Å². The van der Waals surface area contributed by atoms with Crippen molar-refractivity contribution in [1.29, 1.82) is 0 Å². The van der Waals surface area contributed by atoms with Gasteiger partial charge in [-0.3, -0.25) is 4.79 Å². The van der Waals surface area contributed by atoms with Gasteiger partial charge in [0.1, 0.15) is 5.82 Å². The molecule has 3 aromatic rings. The molecule has 3 rings (SSSR count). The fraction of sp³-hybridized carbons (Fsp3) is 0.292. The van der Waals surface area contributed by atoms with Crippen molar-refractivity contribution in [1.82, 2.24) is 20.5 Å². The molecule has 0 aliphatic rings. The van der Waals surface area contributed by atoms with Crippen LogP contribution in [-0.4, -0.2) is 69.0 Å². The number of esters is 1. The lowest BCUT2D eigenvalue weighted by Gasteiger charge is -2.21. The fourth-order valence-corrected chi connectivity index (χ4v) is 3.56. The summed E-state index contributed by atoms with van der Waals surface area (Å²) in [5.74, 6) is -2.27. The van der Waals surface area contributed by atoms with E-state index >= 15 is 0 Å². The summed E-state index contributed by atoms with van der Waals surface area (Å²) < 4.78 is 28.0. The molecule has 0 saturated carbocycles. The lowest BCUT2D eigenvalue weighted by molar-refractivity contribution is -0.163. The van der Waals surface area contributed by atoms with Crippen LogP contribution in [0.4, 0.5) is 9.18 Å². The van der Waals surface area contributed by atoms with Crippen molar-refractivity contribution in [2.24, 2.45) is 0 Å². The van der Waals surface area contributed by atoms with E-state index in [-0.39, 0.29) is 25.1 Å². The Labute approximate surface area is 220 Å². The van der Waals surface area contributed by atoms with Crippen LogP contribution < -0.4 is 5.32 Å². The Morgan fingerprint density at radius 3 is 2.53 bits per heavy atom. The van der Waals surface area contributed by atoms with Crippen molar-refractivity contribution < 1.29 is 43.3 Å². The zero-order chi connectivity index (χ0) is 27.7. The molecule has 0 saturated heterocycles. The summed E-state index contributed by atoms with van der Waals surface area (Å²) >= 11 is 5.98. The highest BCUT2D eigenvalue weighted by Gasteiger charge is 2.25. The minimum atomic E-state index is -1.69. The number of ether oxygens (including phenoxy) is 3. The average Bonchev–Trinajstić information content (AvgIpc) is 3.32. The first-order chi connectivity index (χ1) is 18.2. The highest BCUT2D eigenvalue weighted by molar-refractivity contribution is 6.30. The van der Waals surface area contributed by atoms with Crippen molar-refractivity contribution in [2.75, 3.05) is 13.4 Å². The van der Waals surface area contributed by atoms with Crippen LogP contribution in [-0.2, 0) is 25.4 Å². The van der Waals surface area contributed by atoms with Crippen molar-refractivity contribution in [2.45, 2.75) is 31.9 Å². The number of aliphatic hydroxyl groups excluding tert-OH is 1. The second-order valence-electron chi connectivity index (χ2n) is 7.88. The quantitative estimate of drug-likeness (QED) is 0.184. The summed E-state index contributed by atoms with van der Waals surface area (Å²) in [6.07, 6.45) is -1.92. The van der Waals surface area contributed by atoms with Gasteiger partial charge in [-0.15, -0.1) is 5.10 Å². The van der Waals surface area contributed by atoms with Crippen LogP contribution in [0, 0.1) is 5.82 Å². The number of hydrogen-bond acceptors (Lipinski definition) is 10.